The molecule has 0 rings (SSSR count). The number of nitrogens with zero attached hydrogens (tertiary/aromatic N) is 1. The molecule has 0 unspecified atom stereocenters. The van der Waals surface area contributed by atoms with Gasteiger partial charge in [0.25, 0.3) is 0 Å². The molecule has 0 aromatic rings. The molecular formula is C21H47NO2Si. The molecule has 25 heavy (non-hydrogen) atoms. The van der Waals surface area contributed by atoms with Gasteiger partial charge in [0.2, 0.25) is 0 Å². The Labute approximate surface area is 160 Å². The van der Waals surface area contributed by atoms with E-state index in [0.29, 0.717) is 5.54 Å². The van der Waals surface area contributed by atoms with Crippen LogP contribution in [-0.4, -0.2) is 40.6 Å². The first-order valence-electron chi connectivity index (χ1n) is 10.9. The van der Waals surface area contributed by atoms with E-state index < -0.39 is 8.72 Å². The van der Waals surface area contributed by atoms with Gasteiger partial charge < -0.3 is 8.85 Å². The van der Waals surface area contributed by atoms with Crippen molar-refractivity contribution in [1.29, 1.82) is 0 Å². The van der Waals surface area contributed by atoms with E-state index in [0.717, 1.165) is 13.1 Å². The standard InChI is InChI=1S/C21H47NO2Si/c1-7-9-11-13-15-17-19-22(20-18-16-14-12-10-8-2)25(23-5,24-6)21(3)4/h21H,7-20H2,1-6H3. The molecule has 0 atom stereocenters. The first-order chi connectivity index (χ1) is 12.1. The number of rotatable bonds is 18. The fourth-order valence-electron chi connectivity index (χ4n) is 3.77. The molecule has 0 aliphatic carbocycles. The second-order valence-corrected chi connectivity index (χ2v) is 11.6. The molecule has 3 nitrogen and oxygen atoms in total. The van der Waals surface area contributed by atoms with Gasteiger partial charge in [0, 0.05) is 19.8 Å². The maximum absolute atomic E-state index is 6.04. The van der Waals surface area contributed by atoms with Gasteiger partial charge in [0.15, 0.2) is 0 Å². The van der Waals surface area contributed by atoms with E-state index in [9.17, 15) is 0 Å². The van der Waals surface area contributed by atoms with Crippen molar-refractivity contribution in [3.05, 3.63) is 0 Å². The highest BCUT2D eigenvalue weighted by molar-refractivity contribution is 6.65. The molecule has 0 saturated carbocycles. The van der Waals surface area contributed by atoms with Crippen LogP contribution in [0, 0.1) is 0 Å². The van der Waals surface area contributed by atoms with Gasteiger partial charge in [-0.25, -0.2) is 0 Å². The summed E-state index contributed by atoms with van der Waals surface area (Å²) in [6.07, 6.45) is 16.1. The Balaban J connectivity index is 4.48. The number of unbranched alkanes of at least 4 members (excludes halogenated alkanes) is 10. The first kappa shape index (κ1) is 25.1. The zero-order valence-electron chi connectivity index (χ0n) is 18.2. The predicted molar refractivity (Wildman–Crippen MR) is 113 cm³/mol. The quantitative estimate of drug-likeness (QED) is 0.198. The Morgan fingerprint density at radius 2 is 1.00 bits per heavy atom. The molecule has 0 aromatic heterocycles. The largest absolute Gasteiger partial charge is 0.429 e. The minimum Gasteiger partial charge on any atom is -0.386 e. The maximum Gasteiger partial charge on any atom is 0.429 e. The van der Waals surface area contributed by atoms with Gasteiger partial charge in [-0.05, 0) is 25.9 Å². The maximum atomic E-state index is 6.04. The Hall–Kier alpha value is 0.0969. The molecule has 0 amide bonds. The Morgan fingerprint density at radius 3 is 1.32 bits per heavy atom. The molecule has 0 aliphatic rings. The summed E-state index contributed by atoms with van der Waals surface area (Å²) in [5.74, 6) is 0. The first-order valence-corrected chi connectivity index (χ1v) is 12.8. The fraction of sp³-hybridized carbons (Fsp3) is 1.00. The molecule has 0 heterocycles. The van der Waals surface area contributed by atoms with E-state index in [1.54, 1.807) is 0 Å². The second-order valence-electron chi connectivity index (χ2n) is 7.72. The van der Waals surface area contributed by atoms with Crippen LogP contribution in [0.25, 0.3) is 0 Å². The van der Waals surface area contributed by atoms with Gasteiger partial charge in [-0.2, -0.15) is 0 Å². The van der Waals surface area contributed by atoms with Crippen LogP contribution in [-0.2, 0) is 8.85 Å². The number of hydrogen-bond acceptors (Lipinski definition) is 3. The molecule has 152 valence electrons. The third-order valence-electron chi connectivity index (χ3n) is 5.32. The van der Waals surface area contributed by atoms with Crippen molar-refractivity contribution in [1.82, 2.24) is 4.57 Å². The molecule has 0 aromatic carbocycles. The van der Waals surface area contributed by atoms with Crippen molar-refractivity contribution >= 4 is 8.72 Å². The van der Waals surface area contributed by atoms with Crippen LogP contribution in [0.15, 0.2) is 0 Å². The Kier molecular flexibility index (Phi) is 16.3. The molecule has 4 heteroatoms. The second kappa shape index (κ2) is 16.3. The summed E-state index contributed by atoms with van der Waals surface area (Å²) < 4.78 is 14.7. The minimum atomic E-state index is -2.27. The van der Waals surface area contributed by atoms with Crippen molar-refractivity contribution < 1.29 is 8.85 Å². The van der Waals surface area contributed by atoms with E-state index in [2.05, 4.69) is 32.3 Å². The Morgan fingerprint density at radius 1 is 0.640 bits per heavy atom. The average Bonchev–Trinajstić information content (AvgIpc) is 2.61. The monoisotopic (exact) mass is 373 g/mol. The van der Waals surface area contributed by atoms with Gasteiger partial charge in [-0.3, -0.25) is 4.57 Å². The average molecular weight is 374 g/mol. The lowest BCUT2D eigenvalue weighted by Gasteiger charge is -2.41. The van der Waals surface area contributed by atoms with E-state index >= 15 is 0 Å². The highest BCUT2D eigenvalue weighted by Gasteiger charge is 2.46. The van der Waals surface area contributed by atoms with Crippen LogP contribution < -0.4 is 0 Å². The molecule has 0 saturated heterocycles. The van der Waals surface area contributed by atoms with Crippen molar-refractivity contribution in [3.63, 3.8) is 0 Å². The van der Waals surface area contributed by atoms with Gasteiger partial charge >= 0.3 is 8.72 Å². The van der Waals surface area contributed by atoms with Gasteiger partial charge in [-0.1, -0.05) is 91.9 Å². The number of hydrogen-bond donors (Lipinski definition) is 0. The van der Waals surface area contributed by atoms with E-state index in [1.807, 2.05) is 14.2 Å². The minimum absolute atomic E-state index is 0.447. The summed E-state index contributed by atoms with van der Waals surface area (Å²) in [7, 11) is 1.44. The van der Waals surface area contributed by atoms with E-state index in [-0.39, 0.29) is 0 Å². The normalized spacial score (nSPS) is 12.5. The highest BCUT2D eigenvalue weighted by atomic mass is 28.4. The third kappa shape index (κ3) is 10.1. The summed E-state index contributed by atoms with van der Waals surface area (Å²) >= 11 is 0. The van der Waals surface area contributed by atoms with Gasteiger partial charge in [0.1, 0.15) is 0 Å². The van der Waals surface area contributed by atoms with Crippen molar-refractivity contribution in [2.45, 2.75) is 110 Å². The van der Waals surface area contributed by atoms with E-state index in [4.69, 9.17) is 8.85 Å². The Bertz CT molecular complexity index is 267. The third-order valence-corrected chi connectivity index (χ3v) is 9.28. The van der Waals surface area contributed by atoms with Crippen LogP contribution in [0.4, 0.5) is 0 Å². The molecule has 0 spiro atoms. The molecule has 0 fully saturated rings. The van der Waals surface area contributed by atoms with Crippen LogP contribution in [0.5, 0.6) is 0 Å². The van der Waals surface area contributed by atoms with Crippen molar-refractivity contribution in [2.24, 2.45) is 0 Å². The van der Waals surface area contributed by atoms with Crippen LogP contribution in [0.3, 0.4) is 0 Å². The molecular weight excluding hydrogens is 326 g/mol. The molecule has 0 aliphatic heterocycles. The van der Waals surface area contributed by atoms with Crippen LogP contribution in [0.2, 0.25) is 5.54 Å². The molecule has 0 radical (unpaired) electrons. The van der Waals surface area contributed by atoms with Crippen molar-refractivity contribution in [2.75, 3.05) is 27.3 Å². The summed E-state index contributed by atoms with van der Waals surface area (Å²) in [5, 5.41) is 0. The molecule has 0 N–H and O–H groups in total. The predicted octanol–water partition coefficient (Wildman–Crippen LogP) is 6.65. The van der Waals surface area contributed by atoms with Gasteiger partial charge in [0.05, 0.1) is 0 Å². The van der Waals surface area contributed by atoms with Gasteiger partial charge in [-0.15, -0.1) is 0 Å². The summed E-state index contributed by atoms with van der Waals surface area (Å²) in [5.41, 5.74) is 0.447. The lowest BCUT2D eigenvalue weighted by Crippen LogP contribution is -2.60. The summed E-state index contributed by atoms with van der Waals surface area (Å²) in [6, 6.07) is 0. The topological polar surface area (TPSA) is 21.7 Å². The lowest BCUT2D eigenvalue weighted by molar-refractivity contribution is 0.149. The SMILES string of the molecule is CCCCCCCCN(CCCCCCCC)[Si](OC)(OC)C(C)C. The summed E-state index contributed by atoms with van der Waals surface area (Å²) in [6.45, 7) is 11.3. The highest BCUT2D eigenvalue weighted by Crippen LogP contribution is 2.27. The summed E-state index contributed by atoms with van der Waals surface area (Å²) in [4.78, 5) is 0. The van der Waals surface area contributed by atoms with Crippen LogP contribution in [0.1, 0.15) is 105 Å². The lowest BCUT2D eigenvalue weighted by atomic mass is 10.1. The fourth-order valence-corrected chi connectivity index (χ4v) is 7.06. The van der Waals surface area contributed by atoms with Crippen molar-refractivity contribution in [3.8, 4) is 0 Å². The zero-order chi connectivity index (χ0) is 19.0. The zero-order valence-corrected chi connectivity index (χ0v) is 19.2. The molecule has 0 bridgehead atoms. The van der Waals surface area contributed by atoms with Crippen LogP contribution >= 0.6 is 0 Å². The van der Waals surface area contributed by atoms with E-state index in [1.165, 1.54) is 77.0 Å². The smallest absolute Gasteiger partial charge is 0.386 e.